The van der Waals surface area contributed by atoms with E-state index >= 15 is 0 Å². The number of halogens is 3. The van der Waals surface area contributed by atoms with Crippen LogP contribution in [0.4, 0.5) is 19.1 Å². The molecule has 0 aliphatic carbocycles. The molecule has 10 heteroatoms. The third kappa shape index (κ3) is 4.64. The van der Waals surface area contributed by atoms with E-state index < -0.39 is 17.8 Å². The maximum atomic E-state index is 12.9. The van der Waals surface area contributed by atoms with Crippen LogP contribution in [-0.4, -0.2) is 39.8 Å². The van der Waals surface area contributed by atoms with Gasteiger partial charge in [-0.15, -0.1) is 0 Å². The largest absolute Gasteiger partial charge is 0.416 e. The maximum Gasteiger partial charge on any atom is 0.416 e. The molecule has 0 saturated carbocycles. The molecule has 3 N–H and O–H groups in total. The highest BCUT2D eigenvalue weighted by Gasteiger charge is 2.34. The number of nitrogen functional groups attached to an aromatic ring is 1. The molecular formula is C19H20F3N5O2. The van der Waals surface area contributed by atoms with E-state index in [9.17, 15) is 22.8 Å². The minimum atomic E-state index is -4.43. The van der Waals surface area contributed by atoms with Crippen LogP contribution in [0.1, 0.15) is 37.1 Å². The van der Waals surface area contributed by atoms with E-state index in [1.807, 2.05) is 0 Å². The summed E-state index contributed by atoms with van der Waals surface area (Å²) in [6.45, 7) is 1.67. The van der Waals surface area contributed by atoms with Crippen LogP contribution < -0.4 is 11.1 Å². The fraction of sp³-hybridized carbons (Fsp3) is 0.368. The lowest BCUT2D eigenvalue weighted by molar-refractivity contribution is -0.137. The third-order valence-corrected chi connectivity index (χ3v) is 4.74. The van der Waals surface area contributed by atoms with Gasteiger partial charge in [-0.1, -0.05) is 12.1 Å². The van der Waals surface area contributed by atoms with Gasteiger partial charge >= 0.3 is 6.18 Å². The van der Waals surface area contributed by atoms with Crippen molar-refractivity contribution >= 4 is 17.8 Å². The molecule has 2 aromatic rings. The van der Waals surface area contributed by atoms with Gasteiger partial charge in [0.1, 0.15) is 0 Å². The number of alkyl halides is 3. The second-order valence-electron chi connectivity index (χ2n) is 6.76. The van der Waals surface area contributed by atoms with Gasteiger partial charge in [-0.25, -0.2) is 9.97 Å². The highest BCUT2D eigenvalue weighted by atomic mass is 19.4. The van der Waals surface area contributed by atoms with Crippen LogP contribution in [-0.2, 0) is 15.8 Å². The summed E-state index contributed by atoms with van der Waals surface area (Å²) in [6.07, 6.45) is -1.63. The summed E-state index contributed by atoms with van der Waals surface area (Å²) in [4.78, 5) is 33.5. The van der Waals surface area contributed by atoms with E-state index in [-0.39, 0.29) is 24.3 Å². The number of rotatable bonds is 4. The van der Waals surface area contributed by atoms with Gasteiger partial charge in [-0.3, -0.25) is 9.59 Å². The Morgan fingerprint density at radius 2 is 1.97 bits per heavy atom. The van der Waals surface area contributed by atoms with Crippen molar-refractivity contribution in [3.05, 3.63) is 41.7 Å². The van der Waals surface area contributed by atoms with E-state index in [1.165, 1.54) is 25.3 Å². The first-order chi connectivity index (χ1) is 13.7. The molecule has 0 radical (unpaired) electrons. The number of benzene rings is 1. The van der Waals surface area contributed by atoms with Gasteiger partial charge in [-0.2, -0.15) is 13.2 Å². The van der Waals surface area contributed by atoms with Crippen molar-refractivity contribution in [3.8, 4) is 11.1 Å². The average molecular weight is 407 g/mol. The number of carbonyl (C=O) groups excluding carboxylic acids is 2. The second kappa shape index (κ2) is 8.06. The molecule has 0 spiro atoms. The van der Waals surface area contributed by atoms with Crippen LogP contribution in [0.25, 0.3) is 11.1 Å². The Labute approximate surface area is 165 Å². The van der Waals surface area contributed by atoms with E-state index in [0.717, 1.165) is 18.6 Å². The van der Waals surface area contributed by atoms with Crippen molar-refractivity contribution in [1.82, 2.24) is 20.2 Å². The molecule has 0 unspecified atom stereocenters. The number of anilines is 1. The SMILES string of the molecule is CC(=O)NCC(=O)N1CCC[C@H]1c1nc(N)ncc1-c1ccc(C(F)(F)F)cc1. The molecule has 3 rings (SSSR count). The molecule has 2 amide bonds. The smallest absolute Gasteiger partial charge is 0.368 e. The van der Waals surface area contributed by atoms with E-state index in [0.29, 0.717) is 29.8 Å². The molecule has 1 saturated heterocycles. The Kier molecular flexibility index (Phi) is 5.71. The third-order valence-electron chi connectivity index (χ3n) is 4.74. The summed E-state index contributed by atoms with van der Waals surface area (Å²) in [7, 11) is 0. The number of aromatic nitrogens is 2. The van der Waals surface area contributed by atoms with Crippen LogP contribution in [0.2, 0.25) is 0 Å². The summed E-state index contributed by atoms with van der Waals surface area (Å²) < 4.78 is 38.6. The number of nitrogens with zero attached hydrogens (tertiary/aromatic N) is 3. The molecular weight excluding hydrogens is 387 g/mol. The van der Waals surface area contributed by atoms with Gasteiger partial charge in [0.25, 0.3) is 0 Å². The van der Waals surface area contributed by atoms with Crippen molar-refractivity contribution in [2.45, 2.75) is 32.0 Å². The zero-order valence-electron chi connectivity index (χ0n) is 15.7. The standard InChI is InChI=1S/C19H20F3N5O2/c1-11(28)24-10-16(29)27-8-2-3-15(27)17-14(9-25-18(23)26-17)12-4-6-13(7-5-12)19(20,21)22/h4-7,9,15H,2-3,8,10H2,1H3,(H,24,28)(H2,23,25,26)/t15-/m0/s1. The Bertz CT molecular complexity index is 915. The van der Waals surface area contributed by atoms with Gasteiger partial charge in [0.05, 0.1) is 23.8 Å². The summed E-state index contributed by atoms with van der Waals surface area (Å²) in [5.41, 5.74) is 6.47. The average Bonchev–Trinajstić information content (AvgIpc) is 3.15. The molecule has 0 bridgehead atoms. The fourth-order valence-corrected chi connectivity index (χ4v) is 3.38. The minimum Gasteiger partial charge on any atom is -0.368 e. The fourth-order valence-electron chi connectivity index (χ4n) is 3.38. The first-order valence-corrected chi connectivity index (χ1v) is 9.00. The molecule has 1 atom stereocenters. The number of nitrogens with two attached hydrogens (primary N) is 1. The van der Waals surface area contributed by atoms with Crippen LogP contribution >= 0.6 is 0 Å². The van der Waals surface area contributed by atoms with Crippen LogP contribution in [0.3, 0.4) is 0 Å². The maximum absolute atomic E-state index is 12.9. The molecule has 1 aliphatic heterocycles. The summed E-state index contributed by atoms with van der Waals surface area (Å²) in [6, 6.07) is 4.27. The van der Waals surface area contributed by atoms with Crippen molar-refractivity contribution in [2.24, 2.45) is 0 Å². The number of hydrogen-bond donors (Lipinski definition) is 2. The highest BCUT2D eigenvalue weighted by molar-refractivity contribution is 5.84. The Morgan fingerprint density at radius 1 is 1.28 bits per heavy atom. The topological polar surface area (TPSA) is 101 Å². The normalized spacial score (nSPS) is 16.7. The Morgan fingerprint density at radius 3 is 2.59 bits per heavy atom. The van der Waals surface area contributed by atoms with Crippen LogP contribution in [0.5, 0.6) is 0 Å². The first-order valence-electron chi connectivity index (χ1n) is 9.00. The van der Waals surface area contributed by atoms with Crippen molar-refractivity contribution in [2.75, 3.05) is 18.8 Å². The first kappa shape index (κ1) is 20.6. The van der Waals surface area contributed by atoms with E-state index in [2.05, 4.69) is 15.3 Å². The van der Waals surface area contributed by atoms with Gasteiger partial charge in [-0.05, 0) is 30.5 Å². The molecule has 1 aromatic carbocycles. The van der Waals surface area contributed by atoms with Crippen molar-refractivity contribution in [3.63, 3.8) is 0 Å². The summed E-state index contributed by atoms with van der Waals surface area (Å²) in [5.74, 6) is -0.569. The van der Waals surface area contributed by atoms with Gasteiger partial charge in [0.2, 0.25) is 17.8 Å². The van der Waals surface area contributed by atoms with Crippen LogP contribution in [0.15, 0.2) is 30.5 Å². The monoisotopic (exact) mass is 407 g/mol. The lowest BCUT2D eigenvalue weighted by Crippen LogP contribution is -2.39. The molecule has 29 heavy (non-hydrogen) atoms. The Hall–Kier alpha value is -3.17. The lowest BCUT2D eigenvalue weighted by atomic mass is 9.98. The van der Waals surface area contributed by atoms with Gasteiger partial charge in [0, 0.05) is 25.2 Å². The molecule has 1 fully saturated rings. The zero-order chi connectivity index (χ0) is 21.2. The predicted octanol–water partition coefficient (Wildman–Crippen LogP) is 2.54. The molecule has 154 valence electrons. The lowest BCUT2D eigenvalue weighted by Gasteiger charge is -2.26. The number of likely N-dealkylation sites (tertiary alicyclic amines) is 1. The van der Waals surface area contributed by atoms with Crippen molar-refractivity contribution in [1.29, 1.82) is 0 Å². The molecule has 1 aromatic heterocycles. The summed E-state index contributed by atoms with van der Waals surface area (Å²) in [5, 5.41) is 2.48. The summed E-state index contributed by atoms with van der Waals surface area (Å²) >= 11 is 0. The Balaban J connectivity index is 1.94. The molecule has 1 aliphatic rings. The number of amides is 2. The number of hydrogen-bond acceptors (Lipinski definition) is 5. The van der Waals surface area contributed by atoms with Gasteiger partial charge < -0.3 is 16.0 Å². The highest BCUT2D eigenvalue weighted by Crippen LogP contribution is 2.37. The van der Waals surface area contributed by atoms with Gasteiger partial charge in [0.15, 0.2) is 0 Å². The molecule has 2 heterocycles. The van der Waals surface area contributed by atoms with E-state index in [4.69, 9.17) is 5.73 Å². The predicted molar refractivity (Wildman–Crippen MR) is 99.3 cm³/mol. The second-order valence-corrected chi connectivity index (χ2v) is 6.76. The van der Waals surface area contributed by atoms with Crippen molar-refractivity contribution < 1.29 is 22.8 Å². The van der Waals surface area contributed by atoms with E-state index in [1.54, 1.807) is 4.90 Å². The minimum absolute atomic E-state index is 0.0109. The number of carbonyl (C=O) groups is 2. The van der Waals surface area contributed by atoms with Crippen LogP contribution in [0, 0.1) is 0 Å². The molecule has 7 nitrogen and oxygen atoms in total. The quantitative estimate of drug-likeness (QED) is 0.811. The zero-order valence-corrected chi connectivity index (χ0v) is 15.7. The number of nitrogens with one attached hydrogen (secondary N) is 1.